The lowest BCUT2D eigenvalue weighted by atomic mass is 10.2. The van der Waals surface area contributed by atoms with Crippen LogP contribution in [0.2, 0.25) is 0 Å². The van der Waals surface area contributed by atoms with Gasteiger partial charge in [0, 0.05) is 5.39 Å². The summed E-state index contributed by atoms with van der Waals surface area (Å²) in [4.78, 5) is 41.3. The number of amides is 2. The monoisotopic (exact) mass is 495 g/mol. The molecule has 2 amide bonds. The Morgan fingerprint density at radius 1 is 0.970 bits per heavy atom. The lowest BCUT2D eigenvalue weighted by Crippen LogP contribution is -2.20. The van der Waals surface area contributed by atoms with Crippen molar-refractivity contribution < 1.29 is 14.0 Å². The van der Waals surface area contributed by atoms with E-state index in [0.717, 1.165) is 21.6 Å². The highest BCUT2D eigenvalue weighted by Gasteiger charge is 2.17. The van der Waals surface area contributed by atoms with Crippen LogP contribution < -0.4 is 16.3 Å². The van der Waals surface area contributed by atoms with Crippen molar-refractivity contribution in [1.82, 2.24) is 15.2 Å². The molecule has 164 valence electrons. The molecule has 5 rings (SSSR count). The molecule has 0 aliphatic rings. The zero-order valence-corrected chi connectivity index (χ0v) is 19.1. The van der Waals surface area contributed by atoms with Crippen molar-refractivity contribution in [3.05, 3.63) is 70.6 Å². The van der Waals surface area contributed by atoms with Gasteiger partial charge in [0.05, 0.1) is 16.0 Å². The fourth-order valence-corrected chi connectivity index (χ4v) is 5.34. The summed E-state index contributed by atoms with van der Waals surface area (Å²) < 4.78 is 6.67. The van der Waals surface area contributed by atoms with Crippen LogP contribution in [-0.2, 0) is 4.79 Å². The average Bonchev–Trinajstić information content (AvgIpc) is 3.43. The molecular formula is C21H13N5O4S3. The number of rotatable bonds is 6. The Balaban J connectivity index is 1.19. The molecule has 0 bridgehead atoms. The number of benzene rings is 2. The largest absolute Gasteiger partial charge is 0.422 e. The van der Waals surface area contributed by atoms with E-state index in [9.17, 15) is 14.4 Å². The number of nitrogens with one attached hydrogen (secondary N) is 2. The predicted octanol–water partition coefficient (Wildman–Crippen LogP) is 4.24. The molecular weight excluding hydrogens is 482 g/mol. The van der Waals surface area contributed by atoms with Crippen LogP contribution in [0.25, 0.3) is 21.2 Å². The number of hydrogen-bond acceptors (Lipinski definition) is 10. The standard InChI is InChI=1S/C21H13N5O4S3/c27-16(23-19-22-13-6-2-4-8-15(13)32-19)10-31-21-26-25-20(33-21)24-17(28)12-9-11-5-1-3-7-14(11)30-18(12)29/h1-9H,10H2,(H,22,23,27)(H,24,25,28). The van der Waals surface area contributed by atoms with Gasteiger partial charge in [-0.15, -0.1) is 10.2 Å². The predicted molar refractivity (Wildman–Crippen MR) is 129 cm³/mol. The second-order valence-electron chi connectivity index (χ2n) is 6.64. The first-order valence-electron chi connectivity index (χ1n) is 9.51. The fourth-order valence-electron chi connectivity index (χ4n) is 2.91. The quantitative estimate of drug-likeness (QED) is 0.203. The number of carbonyl (C=O) groups is 2. The lowest BCUT2D eigenvalue weighted by Gasteiger charge is -2.01. The van der Waals surface area contributed by atoms with Gasteiger partial charge in [-0.25, -0.2) is 9.78 Å². The number of para-hydroxylation sites is 2. The highest BCUT2D eigenvalue weighted by atomic mass is 32.2. The van der Waals surface area contributed by atoms with Gasteiger partial charge in [-0.3, -0.25) is 14.9 Å². The van der Waals surface area contributed by atoms with Gasteiger partial charge >= 0.3 is 5.63 Å². The van der Waals surface area contributed by atoms with Crippen molar-refractivity contribution in [1.29, 1.82) is 0 Å². The van der Waals surface area contributed by atoms with Gasteiger partial charge in [-0.1, -0.05) is 64.8 Å². The second-order valence-corrected chi connectivity index (χ2v) is 9.87. The van der Waals surface area contributed by atoms with Crippen LogP contribution in [-0.4, -0.2) is 32.7 Å². The van der Waals surface area contributed by atoms with E-state index < -0.39 is 11.5 Å². The van der Waals surface area contributed by atoms with Crippen molar-refractivity contribution in [2.45, 2.75) is 4.34 Å². The highest BCUT2D eigenvalue weighted by molar-refractivity contribution is 8.01. The summed E-state index contributed by atoms with van der Waals surface area (Å²) in [6.45, 7) is 0. The Bertz CT molecular complexity index is 1530. The summed E-state index contributed by atoms with van der Waals surface area (Å²) >= 11 is 3.68. The van der Waals surface area contributed by atoms with Crippen LogP contribution in [0.1, 0.15) is 10.4 Å². The molecule has 0 spiro atoms. The molecule has 3 heterocycles. The van der Waals surface area contributed by atoms with Crippen LogP contribution in [0.4, 0.5) is 10.3 Å². The van der Waals surface area contributed by atoms with Crippen LogP contribution in [0.15, 0.2) is 68.1 Å². The molecule has 9 nitrogen and oxygen atoms in total. The zero-order chi connectivity index (χ0) is 22.8. The summed E-state index contributed by atoms with van der Waals surface area (Å²) in [5.74, 6) is -0.767. The third kappa shape index (κ3) is 4.77. The summed E-state index contributed by atoms with van der Waals surface area (Å²) in [6, 6.07) is 16.0. The van der Waals surface area contributed by atoms with E-state index in [1.54, 1.807) is 24.3 Å². The van der Waals surface area contributed by atoms with Crippen molar-refractivity contribution in [2.24, 2.45) is 0 Å². The minimum absolute atomic E-state index is 0.104. The van der Waals surface area contributed by atoms with E-state index in [1.165, 1.54) is 29.2 Å². The number of thioether (sulfide) groups is 1. The number of thiazole rings is 1. The Hall–Kier alpha value is -3.61. The number of carbonyl (C=O) groups excluding carboxylic acids is 2. The van der Waals surface area contributed by atoms with Gasteiger partial charge < -0.3 is 9.73 Å². The smallest absolute Gasteiger partial charge is 0.349 e. The van der Waals surface area contributed by atoms with Gasteiger partial charge in [0.25, 0.3) is 5.91 Å². The molecule has 0 fully saturated rings. The first kappa shape index (κ1) is 21.2. The maximum atomic E-state index is 12.5. The van der Waals surface area contributed by atoms with E-state index >= 15 is 0 Å². The molecule has 0 aliphatic heterocycles. The van der Waals surface area contributed by atoms with Gasteiger partial charge in [0.2, 0.25) is 11.0 Å². The molecule has 2 aromatic carbocycles. The number of fused-ring (bicyclic) bond motifs is 2. The zero-order valence-electron chi connectivity index (χ0n) is 16.6. The summed E-state index contributed by atoms with van der Waals surface area (Å²) in [5, 5.41) is 14.6. The molecule has 0 aliphatic carbocycles. The van der Waals surface area contributed by atoms with Crippen LogP contribution in [0, 0.1) is 0 Å². The molecule has 0 saturated heterocycles. The van der Waals surface area contributed by atoms with Gasteiger partial charge in [0.15, 0.2) is 9.47 Å². The molecule has 12 heteroatoms. The van der Waals surface area contributed by atoms with E-state index in [2.05, 4.69) is 25.8 Å². The summed E-state index contributed by atoms with van der Waals surface area (Å²) in [7, 11) is 0. The van der Waals surface area contributed by atoms with E-state index in [-0.39, 0.29) is 22.4 Å². The number of aromatic nitrogens is 3. The van der Waals surface area contributed by atoms with Crippen molar-refractivity contribution in [3.8, 4) is 0 Å². The fraction of sp³-hybridized carbons (Fsp3) is 0.0476. The maximum Gasteiger partial charge on any atom is 0.349 e. The SMILES string of the molecule is O=C(CSc1nnc(NC(=O)c2cc3ccccc3oc2=O)s1)Nc1nc2ccccc2s1. The third-order valence-electron chi connectivity index (χ3n) is 4.38. The maximum absolute atomic E-state index is 12.5. The first-order chi connectivity index (χ1) is 16.0. The number of anilines is 2. The molecule has 3 aromatic heterocycles. The van der Waals surface area contributed by atoms with E-state index in [4.69, 9.17) is 4.42 Å². The van der Waals surface area contributed by atoms with E-state index in [0.29, 0.717) is 20.4 Å². The molecule has 2 N–H and O–H groups in total. The van der Waals surface area contributed by atoms with Gasteiger partial charge in [-0.2, -0.15) is 0 Å². The first-order valence-corrected chi connectivity index (χ1v) is 12.1. The van der Waals surface area contributed by atoms with Crippen LogP contribution in [0.5, 0.6) is 0 Å². The van der Waals surface area contributed by atoms with Gasteiger partial charge in [0.1, 0.15) is 11.1 Å². The summed E-state index contributed by atoms with van der Waals surface area (Å²) in [6.07, 6.45) is 0. The topological polar surface area (TPSA) is 127 Å². The Kier molecular flexibility index (Phi) is 5.86. The van der Waals surface area contributed by atoms with Crippen LogP contribution in [0.3, 0.4) is 0 Å². The van der Waals surface area contributed by atoms with Crippen molar-refractivity contribution in [2.75, 3.05) is 16.4 Å². The Morgan fingerprint density at radius 2 is 1.79 bits per heavy atom. The van der Waals surface area contributed by atoms with Gasteiger partial charge in [-0.05, 0) is 24.3 Å². The highest BCUT2D eigenvalue weighted by Crippen LogP contribution is 2.28. The van der Waals surface area contributed by atoms with E-state index in [1.807, 2.05) is 24.3 Å². The minimum atomic E-state index is -0.739. The normalized spacial score (nSPS) is 11.0. The lowest BCUT2D eigenvalue weighted by molar-refractivity contribution is -0.113. The molecule has 33 heavy (non-hydrogen) atoms. The van der Waals surface area contributed by atoms with Crippen molar-refractivity contribution >= 4 is 77.7 Å². The summed E-state index contributed by atoms with van der Waals surface area (Å²) in [5.41, 5.74) is 0.360. The third-order valence-corrected chi connectivity index (χ3v) is 7.30. The molecule has 0 radical (unpaired) electrons. The van der Waals surface area contributed by atoms with Crippen LogP contribution >= 0.6 is 34.4 Å². The van der Waals surface area contributed by atoms with Crippen molar-refractivity contribution in [3.63, 3.8) is 0 Å². The average molecular weight is 496 g/mol. The molecule has 5 aromatic rings. The number of nitrogens with zero attached hydrogens (tertiary/aromatic N) is 3. The Labute approximate surface area is 197 Å². The minimum Gasteiger partial charge on any atom is -0.422 e. The Morgan fingerprint density at radius 3 is 2.67 bits per heavy atom. The second kappa shape index (κ2) is 9.10. The molecule has 0 saturated carbocycles. The molecule has 0 unspecified atom stereocenters. The molecule has 0 atom stereocenters. The number of hydrogen-bond donors (Lipinski definition) is 2.